The van der Waals surface area contributed by atoms with Gasteiger partial charge in [-0.1, -0.05) is 32.4 Å². The molecular formula is C14H17ClN4O. The van der Waals surface area contributed by atoms with Crippen LogP contribution in [0.1, 0.15) is 32.0 Å². The Kier molecular flexibility index (Phi) is 3.81. The summed E-state index contributed by atoms with van der Waals surface area (Å²) in [5.74, 6) is 0.313. The Hall–Kier alpha value is -1.88. The first-order chi connectivity index (χ1) is 9.27. The number of anilines is 2. The molecule has 0 bridgehead atoms. The van der Waals surface area contributed by atoms with Gasteiger partial charge in [0.05, 0.1) is 0 Å². The second-order valence-corrected chi connectivity index (χ2v) is 6.12. The van der Waals surface area contributed by atoms with Crippen LogP contribution >= 0.6 is 11.6 Å². The average molecular weight is 293 g/mol. The number of aryl methyl sites for hydroxylation is 1. The van der Waals surface area contributed by atoms with Crippen LogP contribution in [0.25, 0.3) is 0 Å². The fourth-order valence-corrected chi connectivity index (χ4v) is 2.01. The lowest BCUT2D eigenvalue weighted by atomic mass is 9.93. The highest BCUT2D eigenvalue weighted by molar-refractivity contribution is 6.30. The molecule has 2 aromatic rings. The first-order valence-corrected chi connectivity index (χ1v) is 6.66. The van der Waals surface area contributed by atoms with Crippen LogP contribution in [0.2, 0.25) is 5.02 Å². The number of nitrogens with one attached hydrogen (secondary N) is 2. The fourth-order valence-electron chi connectivity index (χ4n) is 1.78. The predicted molar refractivity (Wildman–Crippen MR) is 80.8 cm³/mol. The van der Waals surface area contributed by atoms with Gasteiger partial charge in [0.15, 0.2) is 0 Å². The van der Waals surface area contributed by atoms with Crippen molar-refractivity contribution >= 4 is 23.2 Å². The molecule has 6 heteroatoms. The van der Waals surface area contributed by atoms with Gasteiger partial charge >= 0.3 is 0 Å². The highest BCUT2D eigenvalue weighted by Crippen LogP contribution is 2.22. The van der Waals surface area contributed by atoms with Crippen molar-refractivity contribution in [1.82, 2.24) is 15.2 Å². The Balaban J connectivity index is 2.32. The second kappa shape index (κ2) is 5.25. The van der Waals surface area contributed by atoms with E-state index >= 15 is 0 Å². The average Bonchev–Trinajstić information content (AvgIpc) is 2.31. The van der Waals surface area contributed by atoms with Crippen LogP contribution in [-0.2, 0) is 5.41 Å². The molecule has 106 valence electrons. The zero-order valence-electron chi connectivity index (χ0n) is 11.9. The van der Waals surface area contributed by atoms with Crippen LogP contribution in [0.5, 0.6) is 0 Å². The first-order valence-electron chi connectivity index (χ1n) is 6.28. The lowest BCUT2D eigenvalue weighted by molar-refractivity contribution is 0.547. The van der Waals surface area contributed by atoms with Crippen LogP contribution in [-0.4, -0.2) is 15.2 Å². The lowest BCUT2D eigenvalue weighted by Crippen LogP contribution is -2.28. The number of aromatic nitrogens is 3. The molecule has 0 aliphatic carbocycles. The molecule has 0 spiro atoms. The summed E-state index contributed by atoms with van der Waals surface area (Å²) in [6.45, 7) is 7.68. The number of hydrogen-bond acceptors (Lipinski definition) is 4. The molecule has 0 saturated heterocycles. The van der Waals surface area contributed by atoms with E-state index in [1.54, 1.807) is 6.07 Å². The van der Waals surface area contributed by atoms with Gasteiger partial charge in [0.2, 0.25) is 5.95 Å². The molecule has 1 heterocycles. The zero-order valence-corrected chi connectivity index (χ0v) is 12.7. The first kappa shape index (κ1) is 14.5. The predicted octanol–water partition coefficient (Wildman–Crippen LogP) is 3.17. The van der Waals surface area contributed by atoms with E-state index < -0.39 is 0 Å². The van der Waals surface area contributed by atoms with Crippen molar-refractivity contribution in [3.05, 3.63) is 44.8 Å². The molecular weight excluding hydrogens is 276 g/mol. The molecule has 20 heavy (non-hydrogen) atoms. The molecule has 0 aliphatic rings. The Morgan fingerprint density at radius 1 is 1.25 bits per heavy atom. The number of nitrogens with zero attached hydrogens (tertiary/aromatic N) is 2. The number of aromatic amines is 1. The van der Waals surface area contributed by atoms with Crippen molar-refractivity contribution in [2.75, 3.05) is 5.32 Å². The van der Waals surface area contributed by atoms with E-state index in [1.165, 1.54) is 0 Å². The number of halogens is 1. The van der Waals surface area contributed by atoms with Crippen molar-refractivity contribution in [2.24, 2.45) is 0 Å². The quantitative estimate of drug-likeness (QED) is 0.892. The summed E-state index contributed by atoms with van der Waals surface area (Å²) in [4.78, 5) is 14.7. The molecule has 1 aromatic heterocycles. The number of rotatable bonds is 2. The second-order valence-electron chi connectivity index (χ2n) is 5.69. The minimum atomic E-state index is -0.338. The number of hydrogen-bond donors (Lipinski definition) is 2. The molecule has 5 nitrogen and oxygen atoms in total. The maximum absolute atomic E-state index is 12.0. The lowest BCUT2D eigenvalue weighted by Gasteiger charge is -2.15. The van der Waals surface area contributed by atoms with Crippen LogP contribution in [0.3, 0.4) is 0 Å². The summed E-state index contributed by atoms with van der Waals surface area (Å²) >= 11 is 5.90. The standard InChI is InChI=1S/C14H17ClN4O/c1-8-7-9(15)5-6-10(8)16-13-17-12(20)11(18-19-13)14(2,3)4/h5-7H,1-4H3,(H2,16,17,19,20). The Labute approximate surface area is 122 Å². The summed E-state index contributed by atoms with van der Waals surface area (Å²) in [6, 6.07) is 5.43. The van der Waals surface area contributed by atoms with Crippen molar-refractivity contribution < 1.29 is 0 Å². The Morgan fingerprint density at radius 3 is 2.50 bits per heavy atom. The van der Waals surface area contributed by atoms with Crippen molar-refractivity contribution in [3.63, 3.8) is 0 Å². The molecule has 1 aromatic carbocycles. The molecule has 0 atom stereocenters. The minimum absolute atomic E-state index is 0.235. The molecule has 0 unspecified atom stereocenters. The highest BCUT2D eigenvalue weighted by atomic mass is 35.5. The van der Waals surface area contributed by atoms with E-state index in [0.29, 0.717) is 16.7 Å². The van der Waals surface area contributed by atoms with E-state index in [-0.39, 0.29) is 11.0 Å². The SMILES string of the molecule is Cc1cc(Cl)ccc1Nc1nnc(C(C)(C)C)c(=O)[nH]1. The van der Waals surface area contributed by atoms with Gasteiger partial charge in [0.1, 0.15) is 5.69 Å². The van der Waals surface area contributed by atoms with Crippen LogP contribution in [0, 0.1) is 6.92 Å². The molecule has 0 fully saturated rings. The van der Waals surface area contributed by atoms with Gasteiger partial charge in [0.25, 0.3) is 5.56 Å². The topological polar surface area (TPSA) is 70.7 Å². The third kappa shape index (κ3) is 3.17. The third-order valence-corrected chi connectivity index (χ3v) is 3.08. The monoisotopic (exact) mass is 292 g/mol. The zero-order chi connectivity index (χ0) is 14.9. The van der Waals surface area contributed by atoms with E-state index in [0.717, 1.165) is 11.3 Å². The van der Waals surface area contributed by atoms with Crippen LogP contribution in [0.4, 0.5) is 11.6 Å². The van der Waals surface area contributed by atoms with E-state index in [9.17, 15) is 4.79 Å². The van der Waals surface area contributed by atoms with Gasteiger partial charge in [-0.3, -0.25) is 9.78 Å². The largest absolute Gasteiger partial charge is 0.324 e. The molecule has 2 rings (SSSR count). The molecule has 0 amide bonds. The fraction of sp³-hybridized carbons (Fsp3) is 0.357. The molecule has 0 saturated carbocycles. The van der Waals surface area contributed by atoms with E-state index in [4.69, 9.17) is 11.6 Å². The Bertz CT molecular complexity index is 688. The molecule has 2 N–H and O–H groups in total. The van der Waals surface area contributed by atoms with Gasteiger partial charge in [-0.05, 0) is 30.7 Å². The maximum Gasteiger partial charge on any atom is 0.274 e. The summed E-state index contributed by atoms with van der Waals surface area (Å²) in [6.07, 6.45) is 0. The normalized spacial score (nSPS) is 11.4. The third-order valence-electron chi connectivity index (χ3n) is 2.85. The smallest absolute Gasteiger partial charge is 0.274 e. The maximum atomic E-state index is 12.0. The van der Waals surface area contributed by atoms with E-state index in [1.807, 2.05) is 39.8 Å². The van der Waals surface area contributed by atoms with Crippen molar-refractivity contribution in [1.29, 1.82) is 0 Å². The summed E-state index contributed by atoms with van der Waals surface area (Å²) in [7, 11) is 0. The van der Waals surface area contributed by atoms with Gasteiger partial charge in [-0.2, -0.15) is 0 Å². The minimum Gasteiger partial charge on any atom is -0.324 e. The van der Waals surface area contributed by atoms with Gasteiger partial charge < -0.3 is 5.32 Å². The number of benzene rings is 1. The summed E-state index contributed by atoms with van der Waals surface area (Å²) < 4.78 is 0. The molecule has 0 radical (unpaired) electrons. The van der Waals surface area contributed by atoms with Crippen LogP contribution < -0.4 is 10.9 Å². The van der Waals surface area contributed by atoms with Crippen molar-refractivity contribution in [2.45, 2.75) is 33.1 Å². The Morgan fingerprint density at radius 2 is 1.95 bits per heavy atom. The number of H-pyrrole nitrogens is 1. The summed E-state index contributed by atoms with van der Waals surface area (Å²) in [5.41, 5.74) is 1.62. The van der Waals surface area contributed by atoms with Gasteiger partial charge in [0, 0.05) is 16.1 Å². The van der Waals surface area contributed by atoms with Crippen molar-refractivity contribution in [3.8, 4) is 0 Å². The van der Waals surface area contributed by atoms with Crippen LogP contribution in [0.15, 0.2) is 23.0 Å². The van der Waals surface area contributed by atoms with Gasteiger partial charge in [-0.25, -0.2) is 0 Å². The summed E-state index contributed by atoms with van der Waals surface area (Å²) in [5, 5.41) is 11.7. The molecule has 0 aliphatic heterocycles. The van der Waals surface area contributed by atoms with E-state index in [2.05, 4.69) is 20.5 Å². The van der Waals surface area contributed by atoms with Gasteiger partial charge in [-0.15, -0.1) is 10.2 Å². The highest BCUT2D eigenvalue weighted by Gasteiger charge is 2.20.